The van der Waals surface area contributed by atoms with Gasteiger partial charge in [0.2, 0.25) is 0 Å². The molecule has 0 saturated heterocycles. The molecular formula is C15H23NO3S. The number of hydrogen-bond donors (Lipinski definition) is 0. The van der Waals surface area contributed by atoms with Crippen LogP contribution >= 0.6 is 0 Å². The Morgan fingerprint density at radius 1 is 1.30 bits per heavy atom. The third-order valence-electron chi connectivity index (χ3n) is 2.86. The van der Waals surface area contributed by atoms with Crippen LogP contribution in [0.25, 0.3) is 0 Å². The Morgan fingerprint density at radius 3 is 2.45 bits per heavy atom. The molecule has 0 atom stereocenters. The lowest BCUT2D eigenvalue weighted by Gasteiger charge is -2.23. The lowest BCUT2D eigenvalue weighted by molar-refractivity contribution is 0.0745. The molecule has 20 heavy (non-hydrogen) atoms. The molecule has 5 heteroatoms. The number of hydrogen-bond acceptors (Lipinski definition) is 3. The van der Waals surface area contributed by atoms with Gasteiger partial charge in [0, 0.05) is 24.9 Å². The van der Waals surface area contributed by atoms with Gasteiger partial charge in [0.25, 0.3) is 5.91 Å². The van der Waals surface area contributed by atoms with E-state index in [0.717, 1.165) is 0 Å². The van der Waals surface area contributed by atoms with Crippen LogP contribution in [0, 0.1) is 5.92 Å². The van der Waals surface area contributed by atoms with Crippen molar-refractivity contribution in [1.82, 2.24) is 4.90 Å². The lowest BCUT2D eigenvalue weighted by Crippen LogP contribution is -2.34. The van der Waals surface area contributed by atoms with Crippen LogP contribution in [0.15, 0.2) is 24.3 Å². The Labute approximate surface area is 121 Å². The van der Waals surface area contributed by atoms with Crippen LogP contribution in [-0.4, -0.2) is 38.6 Å². The number of nitrogens with zero attached hydrogens (tertiary/aromatic N) is 1. The summed E-state index contributed by atoms with van der Waals surface area (Å²) in [4.78, 5) is 14.2. The minimum Gasteiger partial charge on any atom is -0.339 e. The maximum absolute atomic E-state index is 12.4. The number of sulfone groups is 1. The van der Waals surface area contributed by atoms with E-state index in [1.54, 1.807) is 29.2 Å². The van der Waals surface area contributed by atoms with Crippen molar-refractivity contribution < 1.29 is 13.2 Å². The van der Waals surface area contributed by atoms with E-state index in [0.29, 0.717) is 30.1 Å². The highest BCUT2D eigenvalue weighted by atomic mass is 32.2. The van der Waals surface area contributed by atoms with Crippen molar-refractivity contribution >= 4 is 15.7 Å². The third-order valence-corrected chi connectivity index (χ3v) is 3.71. The molecule has 1 aromatic rings. The molecule has 0 unspecified atom stereocenters. The van der Waals surface area contributed by atoms with Gasteiger partial charge < -0.3 is 4.90 Å². The van der Waals surface area contributed by atoms with E-state index in [4.69, 9.17) is 0 Å². The molecule has 0 aliphatic carbocycles. The van der Waals surface area contributed by atoms with Crippen molar-refractivity contribution in [3.8, 4) is 0 Å². The molecule has 0 aliphatic heterocycles. The zero-order valence-electron chi connectivity index (χ0n) is 12.6. The molecule has 0 fully saturated rings. The molecule has 0 saturated carbocycles. The molecule has 0 heterocycles. The molecule has 0 aliphatic rings. The van der Waals surface area contributed by atoms with Gasteiger partial charge in [0.15, 0.2) is 9.84 Å². The highest BCUT2D eigenvalue weighted by Crippen LogP contribution is 2.12. The summed E-state index contributed by atoms with van der Waals surface area (Å²) in [6.07, 6.45) is 1.19. The predicted octanol–water partition coefficient (Wildman–Crippen LogP) is 2.35. The van der Waals surface area contributed by atoms with Gasteiger partial charge in [0.1, 0.15) is 0 Å². The second-order valence-electron chi connectivity index (χ2n) is 5.51. The van der Waals surface area contributed by atoms with Crippen LogP contribution in [-0.2, 0) is 15.6 Å². The average Bonchev–Trinajstić information content (AvgIpc) is 2.33. The topological polar surface area (TPSA) is 54.5 Å². The normalized spacial score (nSPS) is 11.7. The van der Waals surface area contributed by atoms with Gasteiger partial charge in [-0.25, -0.2) is 8.42 Å². The molecule has 0 radical (unpaired) electrons. The molecule has 0 spiro atoms. The van der Waals surface area contributed by atoms with Crippen molar-refractivity contribution in [3.63, 3.8) is 0 Å². The van der Waals surface area contributed by atoms with E-state index in [9.17, 15) is 13.2 Å². The zero-order chi connectivity index (χ0) is 15.3. The van der Waals surface area contributed by atoms with E-state index in [2.05, 4.69) is 13.8 Å². The van der Waals surface area contributed by atoms with Gasteiger partial charge in [-0.2, -0.15) is 0 Å². The highest BCUT2D eigenvalue weighted by molar-refractivity contribution is 7.89. The summed E-state index contributed by atoms with van der Waals surface area (Å²) in [6.45, 7) is 7.42. The summed E-state index contributed by atoms with van der Waals surface area (Å²) < 4.78 is 22.6. The monoisotopic (exact) mass is 297 g/mol. The maximum atomic E-state index is 12.4. The van der Waals surface area contributed by atoms with Crippen LogP contribution < -0.4 is 0 Å². The van der Waals surface area contributed by atoms with E-state index < -0.39 is 9.84 Å². The zero-order valence-corrected chi connectivity index (χ0v) is 13.4. The number of benzene rings is 1. The number of amides is 1. The summed E-state index contributed by atoms with van der Waals surface area (Å²) in [5.41, 5.74) is 1.20. The molecule has 0 bridgehead atoms. The fraction of sp³-hybridized carbons (Fsp3) is 0.533. The minimum absolute atomic E-state index is 0.0373. The SMILES string of the molecule is CCN(CC(C)C)C(=O)c1cccc(CS(C)(=O)=O)c1. The van der Waals surface area contributed by atoms with Gasteiger partial charge in [-0.15, -0.1) is 0 Å². The second kappa shape index (κ2) is 6.88. The van der Waals surface area contributed by atoms with Crippen LogP contribution in [0.5, 0.6) is 0 Å². The Bertz CT molecular complexity index is 564. The van der Waals surface area contributed by atoms with Crippen molar-refractivity contribution in [1.29, 1.82) is 0 Å². The Hall–Kier alpha value is -1.36. The predicted molar refractivity (Wildman–Crippen MR) is 81.4 cm³/mol. The fourth-order valence-electron chi connectivity index (χ4n) is 2.08. The molecule has 1 amide bonds. The first-order valence-electron chi connectivity index (χ1n) is 6.79. The maximum Gasteiger partial charge on any atom is 0.253 e. The number of carbonyl (C=O) groups is 1. The highest BCUT2D eigenvalue weighted by Gasteiger charge is 2.16. The van der Waals surface area contributed by atoms with Crippen LogP contribution in [0.2, 0.25) is 0 Å². The van der Waals surface area contributed by atoms with Gasteiger partial charge in [-0.3, -0.25) is 4.79 Å². The van der Waals surface area contributed by atoms with Crippen molar-refractivity contribution in [2.75, 3.05) is 19.3 Å². The van der Waals surface area contributed by atoms with Crippen LogP contribution in [0.4, 0.5) is 0 Å². The average molecular weight is 297 g/mol. The quantitative estimate of drug-likeness (QED) is 0.810. The van der Waals surface area contributed by atoms with E-state index >= 15 is 0 Å². The minimum atomic E-state index is -3.09. The molecule has 0 N–H and O–H groups in total. The summed E-state index contributed by atoms with van der Waals surface area (Å²) in [5.74, 6) is 0.319. The second-order valence-corrected chi connectivity index (χ2v) is 7.65. The van der Waals surface area contributed by atoms with Crippen molar-refractivity contribution in [2.45, 2.75) is 26.5 Å². The Morgan fingerprint density at radius 2 is 1.95 bits per heavy atom. The molecular weight excluding hydrogens is 274 g/mol. The smallest absolute Gasteiger partial charge is 0.253 e. The summed E-state index contributed by atoms with van der Waals surface area (Å²) >= 11 is 0. The standard InChI is InChI=1S/C15H23NO3S/c1-5-16(10-12(2)3)15(17)14-8-6-7-13(9-14)11-20(4,18)19/h6-9,12H,5,10-11H2,1-4H3. The first-order chi connectivity index (χ1) is 9.23. The van der Waals surface area contributed by atoms with E-state index in [1.165, 1.54) is 6.26 Å². The molecule has 4 nitrogen and oxygen atoms in total. The molecule has 1 aromatic carbocycles. The lowest BCUT2D eigenvalue weighted by atomic mass is 10.1. The molecule has 1 rings (SSSR count). The first-order valence-corrected chi connectivity index (χ1v) is 8.85. The van der Waals surface area contributed by atoms with Crippen molar-refractivity contribution in [3.05, 3.63) is 35.4 Å². The fourth-order valence-corrected chi connectivity index (χ4v) is 2.86. The van der Waals surface area contributed by atoms with Crippen LogP contribution in [0.1, 0.15) is 36.7 Å². The van der Waals surface area contributed by atoms with Gasteiger partial charge in [-0.05, 0) is 30.5 Å². The summed E-state index contributed by atoms with van der Waals surface area (Å²) in [7, 11) is -3.09. The Balaban J connectivity index is 2.95. The number of rotatable bonds is 6. The number of carbonyl (C=O) groups excluding carboxylic acids is 1. The van der Waals surface area contributed by atoms with Gasteiger partial charge in [0.05, 0.1) is 5.75 Å². The van der Waals surface area contributed by atoms with E-state index in [-0.39, 0.29) is 11.7 Å². The Kier molecular flexibility index (Phi) is 5.74. The summed E-state index contributed by atoms with van der Waals surface area (Å²) in [6, 6.07) is 6.87. The summed E-state index contributed by atoms with van der Waals surface area (Å²) in [5, 5.41) is 0. The van der Waals surface area contributed by atoms with Crippen LogP contribution in [0.3, 0.4) is 0 Å². The van der Waals surface area contributed by atoms with Crippen molar-refractivity contribution in [2.24, 2.45) is 5.92 Å². The first kappa shape index (κ1) is 16.7. The van der Waals surface area contributed by atoms with E-state index in [1.807, 2.05) is 6.92 Å². The van der Waals surface area contributed by atoms with Gasteiger partial charge in [-0.1, -0.05) is 26.0 Å². The molecule has 112 valence electrons. The third kappa shape index (κ3) is 5.33. The molecule has 0 aromatic heterocycles. The van der Waals surface area contributed by atoms with Gasteiger partial charge >= 0.3 is 0 Å². The largest absolute Gasteiger partial charge is 0.339 e.